The zero-order valence-corrected chi connectivity index (χ0v) is 8.75. The molecule has 0 atom stereocenters. The lowest BCUT2D eigenvalue weighted by Gasteiger charge is -2.08. The van der Waals surface area contributed by atoms with Gasteiger partial charge in [0.2, 0.25) is 0 Å². The van der Waals surface area contributed by atoms with Gasteiger partial charge in [0.25, 0.3) is 0 Å². The third kappa shape index (κ3) is 5.15. The van der Waals surface area contributed by atoms with E-state index in [1.54, 1.807) is 0 Å². The fraction of sp³-hybridized carbons (Fsp3) is 0.364. The van der Waals surface area contributed by atoms with Crippen LogP contribution < -0.4 is 0 Å². The minimum Gasteiger partial charge on any atom is -0.304 e. The molecule has 0 fully saturated rings. The van der Waals surface area contributed by atoms with Crippen molar-refractivity contribution in [3.63, 3.8) is 0 Å². The molecule has 2 nitrogen and oxygen atoms in total. The Labute approximate surface area is 80.9 Å². The van der Waals surface area contributed by atoms with Gasteiger partial charge in [-0.25, -0.2) is 0 Å². The highest BCUT2D eigenvalue weighted by atomic mass is 15.1. The summed E-state index contributed by atoms with van der Waals surface area (Å²) < 4.78 is 0. The van der Waals surface area contributed by atoms with Crippen LogP contribution in [0.1, 0.15) is 11.3 Å². The number of hydrogen-bond donors (Lipinski definition) is 0. The maximum absolute atomic E-state index is 4.24. The van der Waals surface area contributed by atoms with Gasteiger partial charge in [-0.3, -0.25) is 4.98 Å². The predicted molar refractivity (Wildman–Crippen MR) is 57.6 cm³/mol. The van der Waals surface area contributed by atoms with Crippen molar-refractivity contribution in [3.8, 4) is 0 Å². The van der Waals surface area contributed by atoms with E-state index in [0.29, 0.717) is 0 Å². The molecule has 0 aliphatic carbocycles. The lowest BCUT2D eigenvalue weighted by atomic mass is 10.2. The van der Waals surface area contributed by atoms with Crippen LogP contribution in [0.5, 0.6) is 0 Å². The quantitative estimate of drug-likeness (QED) is 0.646. The summed E-state index contributed by atoms with van der Waals surface area (Å²) >= 11 is 0. The molecule has 0 saturated carbocycles. The Morgan fingerprint density at radius 3 is 2.46 bits per heavy atom. The second-order valence-corrected chi connectivity index (χ2v) is 3.06. The zero-order chi connectivity index (χ0) is 10.3. The second-order valence-electron chi connectivity index (χ2n) is 3.06. The molecule has 0 aromatic carbocycles. The van der Waals surface area contributed by atoms with Gasteiger partial charge in [0.15, 0.2) is 0 Å². The fourth-order valence-electron chi connectivity index (χ4n) is 1.01. The van der Waals surface area contributed by atoms with Gasteiger partial charge in [-0.15, -0.1) is 13.2 Å². The highest BCUT2D eigenvalue weighted by Gasteiger charge is 1.95. The predicted octanol–water partition coefficient (Wildman–Crippen LogP) is 2.25. The first kappa shape index (κ1) is 11.8. The third-order valence-electron chi connectivity index (χ3n) is 1.45. The van der Waals surface area contributed by atoms with Gasteiger partial charge in [0.1, 0.15) is 0 Å². The summed E-state index contributed by atoms with van der Waals surface area (Å²) in [6.07, 6.45) is 1.86. The van der Waals surface area contributed by atoms with Crippen molar-refractivity contribution in [1.82, 2.24) is 9.88 Å². The van der Waals surface area contributed by atoms with Crippen molar-refractivity contribution in [2.24, 2.45) is 0 Å². The van der Waals surface area contributed by atoms with E-state index in [-0.39, 0.29) is 0 Å². The molecule has 1 aromatic rings. The molecule has 0 saturated heterocycles. The normalized spacial score (nSPS) is 9.23. The molecule has 0 radical (unpaired) electrons. The molecule has 2 heteroatoms. The Hall–Kier alpha value is -1.15. The molecular formula is C11H18N2. The molecule has 1 rings (SSSR count). The van der Waals surface area contributed by atoms with Gasteiger partial charge in [0, 0.05) is 12.7 Å². The smallest absolute Gasteiger partial charge is 0.0546 e. The average molecular weight is 178 g/mol. The van der Waals surface area contributed by atoms with Crippen LogP contribution in [0, 0.1) is 6.92 Å². The van der Waals surface area contributed by atoms with Crippen LogP contribution in [0.15, 0.2) is 31.5 Å². The van der Waals surface area contributed by atoms with Gasteiger partial charge in [0.05, 0.1) is 5.69 Å². The van der Waals surface area contributed by atoms with E-state index in [1.165, 1.54) is 5.56 Å². The van der Waals surface area contributed by atoms with Gasteiger partial charge in [-0.2, -0.15) is 0 Å². The molecule has 0 bridgehead atoms. The minimum atomic E-state index is 0.918. The van der Waals surface area contributed by atoms with Crippen LogP contribution >= 0.6 is 0 Å². The molecule has 0 aliphatic rings. The number of aryl methyl sites for hydroxylation is 1. The molecular weight excluding hydrogens is 160 g/mol. The number of rotatable bonds is 2. The highest BCUT2D eigenvalue weighted by Crippen LogP contribution is 2.01. The van der Waals surface area contributed by atoms with E-state index in [4.69, 9.17) is 0 Å². The van der Waals surface area contributed by atoms with Crippen molar-refractivity contribution in [1.29, 1.82) is 0 Å². The highest BCUT2D eigenvalue weighted by molar-refractivity contribution is 5.13. The van der Waals surface area contributed by atoms with Crippen molar-refractivity contribution >= 4 is 0 Å². The van der Waals surface area contributed by atoms with Crippen molar-refractivity contribution < 1.29 is 0 Å². The van der Waals surface area contributed by atoms with E-state index in [2.05, 4.69) is 36.0 Å². The molecule has 13 heavy (non-hydrogen) atoms. The van der Waals surface area contributed by atoms with E-state index in [0.717, 1.165) is 12.2 Å². The van der Waals surface area contributed by atoms with Crippen LogP contribution in [0.4, 0.5) is 0 Å². The Balaban J connectivity index is 0.000000671. The Morgan fingerprint density at radius 2 is 2.00 bits per heavy atom. The first-order valence-corrected chi connectivity index (χ1v) is 4.25. The molecule has 0 unspecified atom stereocenters. The van der Waals surface area contributed by atoms with Crippen LogP contribution in [0.2, 0.25) is 0 Å². The lowest BCUT2D eigenvalue weighted by molar-refractivity contribution is 0.397. The standard InChI is InChI=1S/C9H14N2.C2H4/c1-8-4-5-10-9(6-8)7-11(2)3;1-2/h4-6H,7H2,1-3H3;1-2H2. The van der Waals surface area contributed by atoms with Crippen molar-refractivity contribution in [2.75, 3.05) is 14.1 Å². The van der Waals surface area contributed by atoms with Crippen molar-refractivity contribution in [2.45, 2.75) is 13.5 Å². The Kier molecular flexibility index (Phi) is 5.81. The SMILES string of the molecule is C=C.Cc1ccnc(CN(C)C)c1. The average Bonchev–Trinajstić information content (AvgIpc) is 2.06. The summed E-state index contributed by atoms with van der Waals surface area (Å²) in [5.41, 5.74) is 2.41. The van der Waals surface area contributed by atoms with Crippen LogP contribution in [0.3, 0.4) is 0 Å². The topological polar surface area (TPSA) is 16.1 Å². The monoisotopic (exact) mass is 178 g/mol. The summed E-state index contributed by atoms with van der Waals surface area (Å²) in [4.78, 5) is 6.35. The first-order valence-electron chi connectivity index (χ1n) is 4.25. The molecule has 1 heterocycles. The van der Waals surface area contributed by atoms with Gasteiger partial charge in [-0.05, 0) is 38.7 Å². The van der Waals surface area contributed by atoms with E-state index in [1.807, 2.05) is 26.4 Å². The lowest BCUT2D eigenvalue weighted by Crippen LogP contribution is -2.11. The number of pyridine rings is 1. The zero-order valence-electron chi connectivity index (χ0n) is 8.75. The maximum atomic E-state index is 4.24. The second kappa shape index (κ2) is 6.38. The molecule has 0 amide bonds. The number of aromatic nitrogens is 1. The summed E-state index contributed by atoms with van der Waals surface area (Å²) in [5.74, 6) is 0. The number of hydrogen-bond acceptors (Lipinski definition) is 2. The summed E-state index contributed by atoms with van der Waals surface area (Å²) in [7, 11) is 4.09. The fourth-order valence-corrected chi connectivity index (χ4v) is 1.01. The summed E-state index contributed by atoms with van der Waals surface area (Å²) in [6, 6.07) is 4.12. The van der Waals surface area contributed by atoms with E-state index in [9.17, 15) is 0 Å². The molecule has 72 valence electrons. The van der Waals surface area contributed by atoms with E-state index < -0.39 is 0 Å². The number of nitrogens with zero attached hydrogens (tertiary/aromatic N) is 2. The van der Waals surface area contributed by atoms with Crippen LogP contribution in [-0.2, 0) is 6.54 Å². The van der Waals surface area contributed by atoms with Gasteiger partial charge < -0.3 is 4.90 Å². The van der Waals surface area contributed by atoms with Crippen LogP contribution in [0.25, 0.3) is 0 Å². The van der Waals surface area contributed by atoms with Gasteiger partial charge in [-0.1, -0.05) is 0 Å². The first-order chi connectivity index (χ1) is 6.18. The molecule has 0 spiro atoms. The van der Waals surface area contributed by atoms with Gasteiger partial charge >= 0.3 is 0 Å². The molecule has 1 aromatic heterocycles. The van der Waals surface area contributed by atoms with Crippen LogP contribution in [-0.4, -0.2) is 24.0 Å². The van der Waals surface area contributed by atoms with Crippen molar-refractivity contribution in [3.05, 3.63) is 42.7 Å². The largest absolute Gasteiger partial charge is 0.304 e. The third-order valence-corrected chi connectivity index (χ3v) is 1.45. The molecule has 0 aliphatic heterocycles. The van der Waals surface area contributed by atoms with E-state index >= 15 is 0 Å². The summed E-state index contributed by atoms with van der Waals surface area (Å²) in [5, 5.41) is 0. The Bertz CT molecular complexity index is 244. The maximum Gasteiger partial charge on any atom is 0.0546 e. The summed E-state index contributed by atoms with van der Waals surface area (Å²) in [6.45, 7) is 9.00. The minimum absolute atomic E-state index is 0.918. The Morgan fingerprint density at radius 1 is 1.38 bits per heavy atom. The molecule has 0 N–H and O–H groups in total.